The van der Waals surface area contributed by atoms with Gasteiger partial charge in [-0.1, -0.05) is 18.5 Å². The molecular weight excluding hydrogens is 282 g/mol. The topological polar surface area (TPSA) is 40.7 Å². The van der Waals surface area contributed by atoms with Gasteiger partial charge in [0.1, 0.15) is 5.82 Å². The quantitative estimate of drug-likeness (QED) is 0.870. The zero-order valence-corrected chi connectivity index (χ0v) is 13.8. The average molecular weight is 308 g/mol. The van der Waals surface area contributed by atoms with Gasteiger partial charge in [0.15, 0.2) is 0 Å². The van der Waals surface area contributed by atoms with Crippen molar-refractivity contribution in [3.8, 4) is 0 Å². The molecule has 2 unspecified atom stereocenters. The van der Waals surface area contributed by atoms with Gasteiger partial charge in [0, 0.05) is 11.1 Å². The predicted octanol–water partition coefficient (Wildman–Crippen LogP) is 4.31. The maximum Gasteiger partial charge on any atom is 0.120 e. The smallest absolute Gasteiger partial charge is 0.120 e. The Bertz CT molecular complexity index is 486. The summed E-state index contributed by atoms with van der Waals surface area (Å²) >= 11 is 5.88. The van der Waals surface area contributed by atoms with Gasteiger partial charge in [0.05, 0.1) is 18.4 Å². The maximum atomic E-state index is 5.88. The summed E-state index contributed by atoms with van der Waals surface area (Å²) in [6, 6.07) is 0.667. The van der Waals surface area contributed by atoms with Crippen molar-refractivity contribution < 1.29 is 0 Å². The third-order valence-corrected chi connectivity index (χ3v) is 5.04. The number of aromatic amines is 1. The van der Waals surface area contributed by atoms with Crippen LogP contribution in [0.2, 0.25) is 0 Å². The molecule has 0 aliphatic heterocycles. The normalized spacial score (nSPS) is 33.2. The van der Waals surface area contributed by atoms with Gasteiger partial charge in [-0.3, -0.25) is 0 Å². The van der Waals surface area contributed by atoms with E-state index >= 15 is 0 Å². The van der Waals surface area contributed by atoms with Crippen molar-refractivity contribution in [2.75, 3.05) is 0 Å². The summed E-state index contributed by atoms with van der Waals surface area (Å²) in [5.74, 6) is 3.83. The first-order valence-corrected chi connectivity index (χ1v) is 8.57. The molecule has 2 atom stereocenters. The lowest BCUT2D eigenvalue weighted by atomic mass is 9.67. The lowest BCUT2D eigenvalue weighted by molar-refractivity contribution is 0.118. The second-order valence-corrected chi connectivity index (χ2v) is 7.71. The summed E-state index contributed by atoms with van der Waals surface area (Å²) in [7, 11) is 0. The third-order valence-electron chi connectivity index (χ3n) is 4.93. The van der Waals surface area contributed by atoms with Gasteiger partial charge < -0.3 is 10.3 Å². The molecule has 0 amide bonds. The Hall–Kier alpha value is -0.800. The van der Waals surface area contributed by atoms with Crippen molar-refractivity contribution in [2.24, 2.45) is 17.8 Å². The van der Waals surface area contributed by atoms with Gasteiger partial charge in [-0.2, -0.15) is 0 Å². The molecule has 0 saturated heterocycles. The summed E-state index contributed by atoms with van der Waals surface area (Å²) in [5.41, 5.74) is 0.980. The highest BCUT2D eigenvalue weighted by Crippen LogP contribution is 2.42. The number of nitrogens with zero attached hydrogens (tertiary/aromatic N) is 1. The van der Waals surface area contributed by atoms with E-state index in [0.29, 0.717) is 6.04 Å². The highest BCUT2D eigenvalue weighted by molar-refractivity contribution is 6.31. The van der Waals surface area contributed by atoms with Crippen molar-refractivity contribution in [3.05, 3.63) is 22.7 Å². The molecule has 4 heteroatoms. The molecule has 21 heavy (non-hydrogen) atoms. The molecule has 1 heterocycles. The molecule has 1 aromatic rings. The lowest BCUT2D eigenvalue weighted by Crippen LogP contribution is -2.40. The second kappa shape index (κ2) is 6.53. The summed E-state index contributed by atoms with van der Waals surface area (Å²) < 4.78 is 0. The molecule has 0 spiro atoms. The van der Waals surface area contributed by atoms with E-state index in [9.17, 15) is 0 Å². The highest BCUT2D eigenvalue weighted by atomic mass is 35.5. The molecule has 2 bridgehead atoms. The molecule has 0 aromatic carbocycles. The summed E-state index contributed by atoms with van der Waals surface area (Å²) in [5, 5.41) is 4.47. The number of hydrogen-bond acceptors (Lipinski definition) is 2. The Balaban J connectivity index is 1.51. The molecule has 1 aromatic heterocycles. The van der Waals surface area contributed by atoms with Crippen LogP contribution in [0.3, 0.4) is 0 Å². The number of imidazole rings is 1. The fourth-order valence-corrected chi connectivity index (χ4v) is 4.47. The van der Waals surface area contributed by atoms with Gasteiger partial charge in [0.25, 0.3) is 0 Å². The Morgan fingerprint density at radius 1 is 1.33 bits per heavy atom. The number of hydrogen-bond donors (Lipinski definition) is 2. The molecule has 3 rings (SSSR count). The minimum absolute atomic E-state index is 0.667. The minimum Gasteiger partial charge on any atom is -0.341 e. The van der Waals surface area contributed by atoms with Crippen LogP contribution >= 0.6 is 11.6 Å². The molecule has 2 fully saturated rings. The van der Waals surface area contributed by atoms with E-state index in [1.54, 1.807) is 0 Å². The Morgan fingerprint density at radius 2 is 2.05 bits per heavy atom. The zero-order valence-electron chi connectivity index (χ0n) is 13.0. The Morgan fingerprint density at radius 3 is 2.71 bits per heavy atom. The molecule has 2 N–H and O–H groups in total. The molecule has 2 saturated carbocycles. The van der Waals surface area contributed by atoms with Crippen LogP contribution in [0, 0.1) is 17.8 Å². The van der Waals surface area contributed by atoms with E-state index in [2.05, 4.69) is 22.2 Å². The van der Waals surface area contributed by atoms with Crippen LogP contribution in [0.5, 0.6) is 0 Å². The fourth-order valence-electron chi connectivity index (χ4n) is 4.35. The van der Waals surface area contributed by atoms with Crippen molar-refractivity contribution in [1.29, 1.82) is 0 Å². The first-order valence-electron chi connectivity index (χ1n) is 8.19. The molecule has 3 nitrogen and oxygen atoms in total. The molecule has 2 aliphatic rings. The number of H-pyrrole nitrogens is 1. The predicted molar refractivity (Wildman–Crippen MR) is 87.9 cm³/mol. The van der Waals surface area contributed by atoms with Crippen molar-refractivity contribution in [3.63, 3.8) is 0 Å². The van der Waals surface area contributed by atoms with Gasteiger partial charge in [0.2, 0.25) is 0 Å². The number of fused-ring (bicyclic) bond motifs is 2. The first-order chi connectivity index (χ1) is 10.1. The van der Waals surface area contributed by atoms with Crippen LogP contribution in [0.1, 0.15) is 57.5 Å². The van der Waals surface area contributed by atoms with Crippen LogP contribution in [0.15, 0.2) is 11.2 Å². The fraction of sp³-hybridized carbons (Fsp3) is 0.706. The van der Waals surface area contributed by atoms with E-state index in [-0.39, 0.29) is 0 Å². The van der Waals surface area contributed by atoms with Crippen molar-refractivity contribution in [1.82, 2.24) is 15.3 Å². The van der Waals surface area contributed by atoms with Crippen LogP contribution in [0.4, 0.5) is 0 Å². The minimum atomic E-state index is 0.667. The van der Waals surface area contributed by atoms with Gasteiger partial charge in [-0.05, 0) is 62.9 Å². The number of aromatic nitrogens is 2. The third kappa shape index (κ3) is 4.10. The molecular formula is C17H26ClN3. The Kier molecular flexibility index (Phi) is 4.70. The largest absolute Gasteiger partial charge is 0.341 e. The number of allylic oxidation sites excluding steroid dienone is 1. The van der Waals surface area contributed by atoms with Crippen LogP contribution in [-0.2, 0) is 6.54 Å². The standard InChI is InChI=1S/C17H26ClN3/c1-11-3-13-6-14(4-11)8-15(7-13)19-10-17-20-9-16(21-17)5-12(2)18/h5,9,11,13-15,19H,3-4,6-8,10H2,1-2H3,(H,20,21)/b12-5+. The molecule has 0 radical (unpaired) electrons. The van der Waals surface area contributed by atoms with Gasteiger partial charge >= 0.3 is 0 Å². The summed E-state index contributed by atoms with van der Waals surface area (Å²) in [6.45, 7) is 5.13. The van der Waals surface area contributed by atoms with Crippen LogP contribution in [0.25, 0.3) is 6.08 Å². The molecule has 116 valence electrons. The number of halogens is 1. The number of rotatable bonds is 4. The van der Waals surface area contributed by atoms with Gasteiger partial charge in [-0.15, -0.1) is 0 Å². The second-order valence-electron chi connectivity index (χ2n) is 7.11. The Labute approximate surface area is 132 Å². The van der Waals surface area contributed by atoms with Crippen molar-refractivity contribution >= 4 is 17.7 Å². The van der Waals surface area contributed by atoms with Crippen molar-refractivity contribution in [2.45, 2.75) is 58.5 Å². The monoisotopic (exact) mass is 307 g/mol. The van der Waals surface area contributed by atoms with E-state index < -0.39 is 0 Å². The number of nitrogens with one attached hydrogen (secondary N) is 2. The average Bonchev–Trinajstić information content (AvgIpc) is 2.81. The van der Waals surface area contributed by atoms with E-state index in [1.807, 2.05) is 19.2 Å². The lowest BCUT2D eigenvalue weighted by Gasteiger charge is -2.42. The first kappa shape index (κ1) is 15.1. The van der Waals surface area contributed by atoms with Gasteiger partial charge in [-0.25, -0.2) is 4.98 Å². The highest BCUT2D eigenvalue weighted by Gasteiger charge is 2.34. The SMILES string of the molecule is C/C(Cl)=C\c1cnc(CNC2CC3CC(C)CC(C3)C2)[nH]1. The van der Waals surface area contributed by atoms with E-state index in [1.165, 1.54) is 32.1 Å². The van der Waals surface area contributed by atoms with E-state index in [0.717, 1.165) is 40.8 Å². The zero-order chi connectivity index (χ0) is 14.8. The maximum absolute atomic E-state index is 5.88. The summed E-state index contributed by atoms with van der Waals surface area (Å²) in [6.07, 6.45) is 10.8. The summed E-state index contributed by atoms with van der Waals surface area (Å²) in [4.78, 5) is 7.72. The van der Waals surface area contributed by atoms with Crippen LogP contribution < -0.4 is 5.32 Å². The molecule has 2 aliphatic carbocycles. The van der Waals surface area contributed by atoms with Crippen LogP contribution in [-0.4, -0.2) is 16.0 Å². The van der Waals surface area contributed by atoms with E-state index in [4.69, 9.17) is 11.6 Å².